The SMILES string of the molecule is CCCNC(CCC(F)(F)F)c1cc(Cl)ccc1Cl. The molecule has 0 aliphatic rings. The standard InChI is InChI=1S/C13H16Cl2F3N/c1-2-7-19-12(5-6-13(16,17)18)10-8-9(14)3-4-11(10)15/h3-4,8,12,19H,2,5-7H2,1H3. The molecule has 108 valence electrons. The zero-order chi connectivity index (χ0) is 14.5. The predicted molar refractivity (Wildman–Crippen MR) is 72.8 cm³/mol. The predicted octanol–water partition coefficient (Wildman–Crippen LogP) is 5.38. The van der Waals surface area contributed by atoms with E-state index in [1.54, 1.807) is 18.2 Å². The highest BCUT2D eigenvalue weighted by Gasteiger charge is 2.29. The van der Waals surface area contributed by atoms with E-state index in [2.05, 4.69) is 5.32 Å². The topological polar surface area (TPSA) is 12.0 Å². The fourth-order valence-corrected chi connectivity index (χ4v) is 2.21. The molecule has 1 atom stereocenters. The number of rotatable bonds is 6. The second kappa shape index (κ2) is 7.36. The summed E-state index contributed by atoms with van der Waals surface area (Å²) in [6.45, 7) is 2.58. The molecule has 0 aromatic heterocycles. The molecule has 1 aromatic carbocycles. The first-order chi connectivity index (χ1) is 8.83. The highest BCUT2D eigenvalue weighted by Crippen LogP contribution is 2.32. The van der Waals surface area contributed by atoms with E-state index in [9.17, 15) is 13.2 Å². The van der Waals surface area contributed by atoms with E-state index in [-0.39, 0.29) is 6.42 Å². The first-order valence-electron chi connectivity index (χ1n) is 6.08. The Labute approximate surface area is 121 Å². The molecular formula is C13H16Cl2F3N. The third-order valence-corrected chi connectivity index (χ3v) is 3.27. The van der Waals surface area contributed by atoms with Crippen LogP contribution in [-0.4, -0.2) is 12.7 Å². The Morgan fingerprint density at radius 3 is 2.53 bits per heavy atom. The molecule has 1 aromatic rings. The molecule has 0 heterocycles. The number of benzene rings is 1. The largest absolute Gasteiger partial charge is 0.389 e. The van der Waals surface area contributed by atoms with Crippen LogP contribution in [0.5, 0.6) is 0 Å². The Hall–Kier alpha value is -0.450. The Balaban J connectivity index is 2.85. The molecule has 6 heteroatoms. The summed E-state index contributed by atoms with van der Waals surface area (Å²) < 4.78 is 37.0. The van der Waals surface area contributed by atoms with Crippen LogP contribution in [0.15, 0.2) is 18.2 Å². The van der Waals surface area contributed by atoms with E-state index in [1.165, 1.54) is 0 Å². The number of halogens is 5. The van der Waals surface area contributed by atoms with E-state index >= 15 is 0 Å². The highest BCUT2D eigenvalue weighted by molar-refractivity contribution is 6.33. The minimum absolute atomic E-state index is 0.0520. The Kier molecular flexibility index (Phi) is 6.43. The van der Waals surface area contributed by atoms with E-state index in [0.29, 0.717) is 22.2 Å². The van der Waals surface area contributed by atoms with Gasteiger partial charge in [-0.15, -0.1) is 0 Å². The lowest BCUT2D eigenvalue weighted by Crippen LogP contribution is -2.24. The van der Waals surface area contributed by atoms with Crippen molar-refractivity contribution in [3.63, 3.8) is 0 Å². The summed E-state index contributed by atoms with van der Waals surface area (Å²) in [6, 6.07) is 4.41. The molecule has 0 fully saturated rings. The molecule has 1 rings (SSSR count). The van der Waals surface area contributed by atoms with Crippen molar-refractivity contribution in [2.75, 3.05) is 6.54 Å². The molecular weight excluding hydrogens is 298 g/mol. The minimum Gasteiger partial charge on any atom is -0.310 e. The van der Waals surface area contributed by atoms with E-state index in [0.717, 1.165) is 6.42 Å². The van der Waals surface area contributed by atoms with Gasteiger partial charge in [0, 0.05) is 22.5 Å². The smallest absolute Gasteiger partial charge is 0.310 e. The lowest BCUT2D eigenvalue weighted by atomic mass is 10.0. The van der Waals surface area contributed by atoms with Crippen molar-refractivity contribution < 1.29 is 13.2 Å². The summed E-state index contributed by atoms with van der Waals surface area (Å²) in [7, 11) is 0. The van der Waals surface area contributed by atoms with Gasteiger partial charge >= 0.3 is 6.18 Å². The first-order valence-corrected chi connectivity index (χ1v) is 6.84. The molecule has 0 saturated carbocycles. The average Bonchev–Trinajstić information content (AvgIpc) is 2.32. The van der Waals surface area contributed by atoms with Crippen LogP contribution >= 0.6 is 23.2 Å². The Bertz CT molecular complexity index is 407. The monoisotopic (exact) mass is 313 g/mol. The van der Waals surface area contributed by atoms with Crippen molar-refractivity contribution in [2.45, 2.75) is 38.4 Å². The molecule has 1 unspecified atom stereocenters. The van der Waals surface area contributed by atoms with E-state index in [1.807, 2.05) is 6.92 Å². The van der Waals surface area contributed by atoms with Gasteiger partial charge < -0.3 is 5.32 Å². The first kappa shape index (κ1) is 16.6. The van der Waals surface area contributed by atoms with E-state index in [4.69, 9.17) is 23.2 Å². The molecule has 0 aliphatic heterocycles. The maximum atomic E-state index is 12.3. The molecule has 0 aliphatic carbocycles. The van der Waals surface area contributed by atoms with Crippen LogP contribution in [0.2, 0.25) is 10.0 Å². The summed E-state index contributed by atoms with van der Waals surface area (Å²) in [6.07, 6.45) is -4.24. The molecule has 0 saturated heterocycles. The second-order valence-electron chi connectivity index (χ2n) is 4.33. The maximum absolute atomic E-state index is 12.3. The fourth-order valence-electron chi connectivity index (χ4n) is 1.78. The van der Waals surface area contributed by atoms with Crippen LogP contribution in [-0.2, 0) is 0 Å². The third-order valence-electron chi connectivity index (χ3n) is 2.69. The van der Waals surface area contributed by atoms with Crippen LogP contribution in [0, 0.1) is 0 Å². The van der Waals surface area contributed by atoms with E-state index < -0.39 is 18.6 Å². The van der Waals surface area contributed by atoms with Gasteiger partial charge in [-0.1, -0.05) is 30.1 Å². The molecule has 1 nitrogen and oxygen atoms in total. The number of alkyl halides is 3. The van der Waals surface area contributed by atoms with Crippen molar-refractivity contribution in [2.24, 2.45) is 0 Å². The summed E-state index contributed by atoms with van der Waals surface area (Å²) in [5.74, 6) is 0. The van der Waals surface area contributed by atoms with Gasteiger partial charge in [0.2, 0.25) is 0 Å². The van der Waals surface area contributed by atoms with Gasteiger partial charge in [-0.25, -0.2) is 0 Å². The quantitative estimate of drug-likeness (QED) is 0.743. The lowest BCUT2D eigenvalue weighted by Gasteiger charge is -2.21. The zero-order valence-corrected chi connectivity index (χ0v) is 12.0. The van der Waals surface area contributed by atoms with Gasteiger partial charge in [0.15, 0.2) is 0 Å². The summed E-state index contributed by atoms with van der Waals surface area (Å²) >= 11 is 11.9. The average molecular weight is 314 g/mol. The van der Waals surface area contributed by atoms with Crippen LogP contribution < -0.4 is 5.32 Å². The lowest BCUT2D eigenvalue weighted by molar-refractivity contribution is -0.136. The summed E-state index contributed by atoms with van der Waals surface area (Å²) in [5.41, 5.74) is 0.617. The molecule has 0 radical (unpaired) electrons. The van der Waals surface area contributed by atoms with Crippen molar-refractivity contribution in [1.29, 1.82) is 0 Å². The second-order valence-corrected chi connectivity index (χ2v) is 5.17. The van der Waals surface area contributed by atoms with Crippen molar-refractivity contribution in [3.8, 4) is 0 Å². The molecule has 0 bridgehead atoms. The fraction of sp³-hybridized carbons (Fsp3) is 0.538. The van der Waals surface area contributed by atoms with Crippen LogP contribution in [0.25, 0.3) is 0 Å². The third kappa shape index (κ3) is 6.02. The van der Waals surface area contributed by atoms with Crippen molar-refractivity contribution in [3.05, 3.63) is 33.8 Å². The van der Waals surface area contributed by atoms with Crippen molar-refractivity contribution in [1.82, 2.24) is 5.32 Å². The zero-order valence-electron chi connectivity index (χ0n) is 10.5. The van der Waals surface area contributed by atoms with Gasteiger partial charge in [0.25, 0.3) is 0 Å². The molecule has 0 spiro atoms. The Morgan fingerprint density at radius 1 is 1.26 bits per heavy atom. The normalized spacial score (nSPS) is 13.6. The summed E-state index contributed by atoms with van der Waals surface area (Å²) in [4.78, 5) is 0. The van der Waals surface area contributed by atoms with Gasteiger partial charge in [-0.2, -0.15) is 13.2 Å². The molecule has 1 N–H and O–H groups in total. The minimum atomic E-state index is -4.17. The van der Waals surface area contributed by atoms with Crippen LogP contribution in [0.1, 0.15) is 37.8 Å². The van der Waals surface area contributed by atoms with Gasteiger partial charge in [-0.3, -0.25) is 0 Å². The number of hydrogen-bond donors (Lipinski definition) is 1. The molecule has 19 heavy (non-hydrogen) atoms. The van der Waals surface area contributed by atoms with Gasteiger partial charge in [0.1, 0.15) is 0 Å². The number of hydrogen-bond acceptors (Lipinski definition) is 1. The van der Waals surface area contributed by atoms with Gasteiger partial charge in [0.05, 0.1) is 0 Å². The van der Waals surface area contributed by atoms with Crippen LogP contribution in [0.3, 0.4) is 0 Å². The van der Waals surface area contributed by atoms with Gasteiger partial charge in [-0.05, 0) is 43.1 Å². The summed E-state index contributed by atoms with van der Waals surface area (Å²) in [5, 5.41) is 3.98. The molecule has 0 amide bonds. The highest BCUT2D eigenvalue weighted by atomic mass is 35.5. The maximum Gasteiger partial charge on any atom is 0.389 e. The van der Waals surface area contributed by atoms with Crippen molar-refractivity contribution >= 4 is 23.2 Å². The Morgan fingerprint density at radius 2 is 1.95 bits per heavy atom. The number of nitrogens with one attached hydrogen (secondary N) is 1. The van der Waals surface area contributed by atoms with Crippen LogP contribution in [0.4, 0.5) is 13.2 Å².